The van der Waals surface area contributed by atoms with E-state index in [-0.39, 0.29) is 0 Å². The maximum absolute atomic E-state index is 11.0. The molecule has 1 atom stereocenters. The number of piperidine rings is 1. The molecule has 6 heteroatoms. The molecular formula is C23H32ClNO4. The maximum atomic E-state index is 11.0. The molecule has 2 aliphatic rings. The van der Waals surface area contributed by atoms with Crippen molar-refractivity contribution in [3.8, 4) is 0 Å². The normalized spacial score (nSPS) is 22.3. The van der Waals surface area contributed by atoms with Crippen LogP contribution in [-0.4, -0.2) is 51.9 Å². The van der Waals surface area contributed by atoms with Crippen LogP contribution in [-0.2, 0) is 11.2 Å². The largest absolute Gasteiger partial charge is 0.502 e. The van der Waals surface area contributed by atoms with Gasteiger partial charge >= 0.3 is 5.97 Å². The van der Waals surface area contributed by atoms with Gasteiger partial charge in [0.1, 0.15) is 0 Å². The predicted molar refractivity (Wildman–Crippen MR) is 114 cm³/mol. The van der Waals surface area contributed by atoms with Crippen LogP contribution >= 0.6 is 11.6 Å². The molecular weight excluding hydrogens is 390 g/mol. The standard InChI is InChI=1S/C23H32ClNO4/c24-19-8-6-17(7-9-19)15-23(21(27)14-20(26)22(28)29)10-12-25(13-11-23)16-18-4-2-1-3-5-18/h6-9,14,18,21,26-27H,1-5,10-13,15-16H2,(H,28,29)/b20-14-. The van der Waals surface area contributed by atoms with Gasteiger partial charge in [0.25, 0.3) is 0 Å². The van der Waals surface area contributed by atoms with Gasteiger partial charge in [0.15, 0.2) is 5.76 Å². The van der Waals surface area contributed by atoms with Gasteiger partial charge in [-0.1, -0.05) is 43.0 Å². The first kappa shape index (κ1) is 22.1. The molecule has 0 spiro atoms. The zero-order valence-corrected chi connectivity index (χ0v) is 17.7. The van der Waals surface area contributed by atoms with Crippen molar-refractivity contribution in [3.05, 3.63) is 46.7 Å². The zero-order chi connectivity index (χ0) is 20.9. The first-order chi connectivity index (χ1) is 13.9. The van der Waals surface area contributed by atoms with Crippen LogP contribution in [0.5, 0.6) is 0 Å². The van der Waals surface area contributed by atoms with Crippen LogP contribution in [0.3, 0.4) is 0 Å². The first-order valence-corrected chi connectivity index (χ1v) is 11.0. The molecule has 2 fully saturated rings. The molecule has 1 heterocycles. The first-order valence-electron chi connectivity index (χ1n) is 10.7. The minimum Gasteiger partial charge on any atom is -0.502 e. The molecule has 1 saturated heterocycles. The Morgan fingerprint density at radius 3 is 2.34 bits per heavy atom. The summed E-state index contributed by atoms with van der Waals surface area (Å²) in [4.78, 5) is 13.5. The quantitative estimate of drug-likeness (QED) is 0.448. The number of likely N-dealkylation sites (tertiary alicyclic amines) is 1. The average molecular weight is 422 g/mol. The lowest BCUT2D eigenvalue weighted by Crippen LogP contribution is -2.48. The molecule has 0 aromatic heterocycles. The lowest BCUT2D eigenvalue weighted by molar-refractivity contribution is -0.135. The molecule has 160 valence electrons. The lowest BCUT2D eigenvalue weighted by Gasteiger charge is -2.45. The summed E-state index contributed by atoms with van der Waals surface area (Å²) in [6.45, 7) is 2.87. The average Bonchev–Trinajstić information content (AvgIpc) is 2.72. The van der Waals surface area contributed by atoms with Crippen molar-refractivity contribution < 1.29 is 20.1 Å². The summed E-state index contributed by atoms with van der Waals surface area (Å²) < 4.78 is 0. The number of aliphatic hydroxyl groups is 2. The molecule has 1 aromatic rings. The van der Waals surface area contributed by atoms with Gasteiger partial charge in [-0.05, 0) is 74.9 Å². The van der Waals surface area contributed by atoms with Gasteiger partial charge in [0, 0.05) is 17.0 Å². The number of hydrogen-bond acceptors (Lipinski definition) is 4. The Morgan fingerprint density at radius 1 is 1.14 bits per heavy atom. The van der Waals surface area contributed by atoms with Crippen LogP contribution < -0.4 is 0 Å². The van der Waals surface area contributed by atoms with Crippen molar-refractivity contribution in [2.75, 3.05) is 19.6 Å². The summed E-state index contributed by atoms with van der Waals surface area (Å²) in [6, 6.07) is 7.57. The van der Waals surface area contributed by atoms with Crippen LogP contribution in [0.15, 0.2) is 36.1 Å². The van der Waals surface area contributed by atoms with Gasteiger partial charge in [-0.2, -0.15) is 0 Å². The number of hydrogen-bond donors (Lipinski definition) is 3. The number of carboxylic acid groups (broad SMARTS) is 1. The zero-order valence-electron chi connectivity index (χ0n) is 16.9. The Morgan fingerprint density at radius 2 is 1.76 bits per heavy atom. The van der Waals surface area contributed by atoms with Crippen molar-refractivity contribution in [1.82, 2.24) is 4.90 Å². The van der Waals surface area contributed by atoms with Crippen molar-refractivity contribution in [1.29, 1.82) is 0 Å². The Hall–Kier alpha value is -1.56. The van der Waals surface area contributed by atoms with E-state index in [1.54, 1.807) is 0 Å². The van der Waals surface area contributed by atoms with Gasteiger partial charge < -0.3 is 20.2 Å². The third-order valence-corrected chi connectivity index (χ3v) is 6.98. The summed E-state index contributed by atoms with van der Waals surface area (Å²) >= 11 is 6.00. The molecule has 1 saturated carbocycles. The van der Waals surface area contributed by atoms with Crippen LogP contribution in [0.1, 0.15) is 50.5 Å². The minimum atomic E-state index is -1.42. The van der Waals surface area contributed by atoms with Crippen LogP contribution in [0, 0.1) is 11.3 Å². The van der Waals surface area contributed by atoms with E-state index in [2.05, 4.69) is 4.90 Å². The summed E-state index contributed by atoms with van der Waals surface area (Å²) in [7, 11) is 0. The number of carbonyl (C=O) groups is 1. The lowest BCUT2D eigenvalue weighted by atomic mass is 9.69. The molecule has 3 rings (SSSR count). The van der Waals surface area contributed by atoms with Gasteiger partial charge in [-0.25, -0.2) is 4.79 Å². The third kappa shape index (κ3) is 5.97. The number of carboxylic acids is 1. The Balaban J connectivity index is 1.72. The number of nitrogens with zero attached hydrogens (tertiary/aromatic N) is 1. The Kier molecular flexibility index (Phi) is 7.60. The Labute approximate surface area is 178 Å². The predicted octanol–water partition coefficient (Wildman–Crippen LogP) is 4.43. The topological polar surface area (TPSA) is 81.0 Å². The monoisotopic (exact) mass is 421 g/mol. The summed E-state index contributed by atoms with van der Waals surface area (Å²) in [5, 5.41) is 30.3. The highest BCUT2D eigenvalue weighted by Gasteiger charge is 2.41. The van der Waals surface area contributed by atoms with Gasteiger partial charge in [-0.3, -0.25) is 0 Å². The highest BCUT2D eigenvalue weighted by Crippen LogP contribution is 2.40. The highest BCUT2D eigenvalue weighted by molar-refractivity contribution is 6.30. The van der Waals surface area contributed by atoms with E-state index < -0.39 is 23.2 Å². The van der Waals surface area contributed by atoms with E-state index in [9.17, 15) is 15.0 Å². The fourth-order valence-corrected chi connectivity index (χ4v) is 5.03. The maximum Gasteiger partial charge on any atom is 0.370 e. The second-order valence-corrected chi connectivity index (χ2v) is 9.21. The smallest absolute Gasteiger partial charge is 0.370 e. The molecule has 1 aliphatic carbocycles. The molecule has 0 amide bonds. The SMILES string of the molecule is O=C(O)/C(O)=C/C(O)C1(Cc2ccc(Cl)cc2)CCN(CC2CCCCC2)CC1. The molecule has 3 N–H and O–H groups in total. The van der Waals surface area contributed by atoms with E-state index in [4.69, 9.17) is 16.7 Å². The molecule has 1 unspecified atom stereocenters. The summed E-state index contributed by atoms with van der Waals surface area (Å²) in [6.07, 6.45) is 8.83. The van der Waals surface area contributed by atoms with E-state index in [1.807, 2.05) is 24.3 Å². The van der Waals surface area contributed by atoms with E-state index >= 15 is 0 Å². The summed E-state index contributed by atoms with van der Waals surface area (Å²) in [5.41, 5.74) is 0.553. The molecule has 0 bridgehead atoms. The number of aliphatic hydroxyl groups excluding tert-OH is 2. The molecule has 0 radical (unpaired) electrons. The number of rotatable bonds is 7. The second kappa shape index (κ2) is 9.96. The fraction of sp³-hybridized carbons (Fsp3) is 0.609. The molecule has 1 aliphatic heterocycles. The van der Waals surface area contributed by atoms with Crippen molar-refractivity contribution >= 4 is 17.6 Å². The van der Waals surface area contributed by atoms with Gasteiger partial charge in [0.05, 0.1) is 6.10 Å². The van der Waals surface area contributed by atoms with Gasteiger partial charge in [-0.15, -0.1) is 0 Å². The molecule has 5 nitrogen and oxygen atoms in total. The number of benzene rings is 1. The van der Waals surface area contributed by atoms with Gasteiger partial charge in [0.2, 0.25) is 0 Å². The van der Waals surface area contributed by atoms with Crippen LogP contribution in [0.25, 0.3) is 0 Å². The highest BCUT2D eigenvalue weighted by atomic mass is 35.5. The van der Waals surface area contributed by atoms with E-state index in [0.29, 0.717) is 11.4 Å². The molecule has 29 heavy (non-hydrogen) atoms. The summed E-state index contributed by atoms with van der Waals surface area (Å²) in [5.74, 6) is -1.44. The third-order valence-electron chi connectivity index (χ3n) is 6.72. The minimum absolute atomic E-state index is 0.500. The Bertz CT molecular complexity index is 704. The number of aliphatic carboxylic acids is 1. The second-order valence-electron chi connectivity index (χ2n) is 8.77. The van der Waals surface area contributed by atoms with E-state index in [1.165, 1.54) is 32.1 Å². The fourth-order valence-electron chi connectivity index (χ4n) is 4.90. The number of halogens is 1. The van der Waals surface area contributed by atoms with Crippen molar-refractivity contribution in [2.45, 2.75) is 57.5 Å². The van der Waals surface area contributed by atoms with Crippen molar-refractivity contribution in [3.63, 3.8) is 0 Å². The van der Waals surface area contributed by atoms with Crippen LogP contribution in [0.4, 0.5) is 0 Å². The molecule has 1 aromatic carbocycles. The van der Waals surface area contributed by atoms with Crippen molar-refractivity contribution in [2.24, 2.45) is 11.3 Å². The van der Waals surface area contributed by atoms with Crippen LogP contribution in [0.2, 0.25) is 5.02 Å². The van der Waals surface area contributed by atoms with E-state index in [0.717, 1.165) is 50.0 Å².